The van der Waals surface area contributed by atoms with Crippen LogP contribution in [0.3, 0.4) is 0 Å². The summed E-state index contributed by atoms with van der Waals surface area (Å²) < 4.78 is 1.89. The van der Waals surface area contributed by atoms with Crippen LogP contribution in [0.2, 0.25) is 0 Å². The van der Waals surface area contributed by atoms with E-state index in [1.807, 2.05) is 40.7 Å². The first-order valence-electron chi connectivity index (χ1n) is 7.62. The van der Waals surface area contributed by atoms with Gasteiger partial charge in [-0.25, -0.2) is 0 Å². The van der Waals surface area contributed by atoms with E-state index < -0.39 is 0 Å². The molecule has 1 amide bonds. The Hall–Kier alpha value is -2.40. The number of carbonyl (C=O) groups excluding carboxylic acids is 1. The molecule has 0 aliphatic heterocycles. The van der Waals surface area contributed by atoms with E-state index in [0.717, 1.165) is 18.5 Å². The molecule has 0 atom stereocenters. The first-order valence-corrected chi connectivity index (χ1v) is 8.57. The first kappa shape index (κ1) is 15.5. The standard InChI is InChI=1S/C18H19N3OS/c22-18(7-6-16-8-9-23-14-16)19-10-17-11-20-21(13-17)12-15-4-2-1-3-5-15/h1-5,8-9,11,13-14H,6-7,10,12H2,(H,19,22). The lowest BCUT2D eigenvalue weighted by atomic mass is 10.2. The molecular weight excluding hydrogens is 306 g/mol. The number of aromatic nitrogens is 2. The molecule has 0 fully saturated rings. The number of thiophene rings is 1. The molecule has 0 unspecified atom stereocenters. The number of benzene rings is 1. The Morgan fingerprint density at radius 2 is 2.00 bits per heavy atom. The highest BCUT2D eigenvalue weighted by atomic mass is 32.1. The van der Waals surface area contributed by atoms with Crippen molar-refractivity contribution in [2.75, 3.05) is 0 Å². The summed E-state index contributed by atoms with van der Waals surface area (Å²) in [5.74, 6) is 0.0759. The quantitative estimate of drug-likeness (QED) is 0.725. The summed E-state index contributed by atoms with van der Waals surface area (Å²) >= 11 is 1.66. The minimum absolute atomic E-state index is 0.0759. The van der Waals surface area contributed by atoms with Crippen LogP contribution in [0.4, 0.5) is 0 Å². The first-order chi connectivity index (χ1) is 11.3. The third kappa shape index (κ3) is 4.79. The largest absolute Gasteiger partial charge is 0.352 e. The fourth-order valence-corrected chi connectivity index (χ4v) is 3.04. The molecular formula is C18H19N3OS. The minimum Gasteiger partial charge on any atom is -0.352 e. The number of amides is 1. The Kier molecular flexibility index (Phi) is 5.21. The molecule has 2 heterocycles. The van der Waals surface area contributed by atoms with E-state index >= 15 is 0 Å². The maximum Gasteiger partial charge on any atom is 0.220 e. The van der Waals surface area contributed by atoms with Crippen molar-refractivity contribution < 1.29 is 4.79 Å². The number of carbonyl (C=O) groups is 1. The number of hydrogen-bond donors (Lipinski definition) is 1. The van der Waals surface area contributed by atoms with Crippen molar-refractivity contribution in [3.63, 3.8) is 0 Å². The van der Waals surface area contributed by atoms with Crippen LogP contribution in [-0.4, -0.2) is 15.7 Å². The van der Waals surface area contributed by atoms with Crippen molar-refractivity contribution in [2.24, 2.45) is 0 Å². The molecule has 1 aromatic carbocycles. The summed E-state index contributed by atoms with van der Waals surface area (Å²) in [5, 5.41) is 11.4. The van der Waals surface area contributed by atoms with E-state index in [-0.39, 0.29) is 5.91 Å². The summed E-state index contributed by atoms with van der Waals surface area (Å²) in [7, 11) is 0. The van der Waals surface area contributed by atoms with Crippen LogP contribution in [0.1, 0.15) is 23.1 Å². The molecule has 2 aromatic heterocycles. The van der Waals surface area contributed by atoms with Gasteiger partial charge in [-0.05, 0) is 34.4 Å². The molecule has 1 N–H and O–H groups in total. The summed E-state index contributed by atoms with van der Waals surface area (Å²) in [4.78, 5) is 11.9. The van der Waals surface area contributed by atoms with Crippen molar-refractivity contribution in [3.05, 3.63) is 76.2 Å². The lowest BCUT2D eigenvalue weighted by molar-refractivity contribution is -0.121. The van der Waals surface area contributed by atoms with Gasteiger partial charge in [0, 0.05) is 24.7 Å². The fraction of sp³-hybridized carbons (Fsp3) is 0.222. The molecule has 3 aromatic rings. The molecule has 3 rings (SSSR count). The topological polar surface area (TPSA) is 46.9 Å². The molecule has 0 saturated carbocycles. The summed E-state index contributed by atoms with van der Waals surface area (Å²) in [6, 6.07) is 12.3. The average molecular weight is 325 g/mol. The number of nitrogens with zero attached hydrogens (tertiary/aromatic N) is 2. The average Bonchev–Trinajstić information content (AvgIpc) is 3.24. The summed E-state index contributed by atoms with van der Waals surface area (Å²) in [5.41, 5.74) is 3.45. The molecule has 0 bridgehead atoms. The van der Waals surface area contributed by atoms with E-state index in [2.05, 4.69) is 34.0 Å². The van der Waals surface area contributed by atoms with Gasteiger partial charge >= 0.3 is 0 Å². The number of hydrogen-bond acceptors (Lipinski definition) is 3. The van der Waals surface area contributed by atoms with Crippen LogP contribution < -0.4 is 5.32 Å². The van der Waals surface area contributed by atoms with Gasteiger partial charge in [-0.2, -0.15) is 16.4 Å². The van der Waals surface area contributed by atoms with Gasteiger partial charge in [0.25, 0.3) is 0 Å². The van der Waals surface area contributed by atoms with E-state index in [9.17, 15) is 4.79 Å². The van der Waals surface area contributed by atoms with E-state index in [1.54, 1.807) is 11.3 Å². The zero-order valence-electron chi connectivity index (χ0n) is 12.8. The smallest absolute Gasteiger partial charge is 0.220 e. The molecule has 0 aliphatic carbocycles. The third-order valence-electron chi connectivity index (χ3n) is 3.58. The van der Waals surface area contributed by atoms with Gasteiger partial charge in [0.2, 0.25) is 5.91 Å². The van der Waals surface area contributed by atoms with Crippen LogP contribution >= 0.6 is 11.3 Å². The van der Waals surface area contributed by atoms with Gasteiger partial charge in [-0.15, -0.1) is 0 Å². The number of aryl methyl sites for hydroxylation is 1. The lowest BCUT2D eigenvalue weighted by Gasteiger charge is -2.03. The van der Waals surface area contributed by atoms with Gasteiger partial charge in [-0.1, -0.05) is 30.3 Å². The predicted molar refractivity (Wildman–Crippen MR) is 92.3 cm³/mol. The van der Waals surface area contributed by atoms with E-state index in [0.29, 0.717) is 13.0 Å². The Balaban J connectivity index is 1.44. The lowest BCUT2D eigenvalue weighted by Crippen LogP contribution is -2.22. The summed E-state index contributed by atoms with van der Waals surface area (Å²) in [6.07, 6.45) is 5.10. The van der Waals surface area contributed by atoms with Crippen molar-refractivity contribution >= 4 is 17.2 Å². The van der Waals surface area contributed by atoms with Crippen LogP contribution in [-0.2, 0) is 24.3 Å². The van der Waals surface area contributed by atoms with Crippen molar-refractivity contribution in [3.8, 4) is 0 Å². The molecule has 23 heavy (non-hydrogen) atoms. The van der Waals surface area contributed by atoms with Crippen molar-refractivity contribution in [1.29, 1.82) is 0 Å². The minimum atomic E-state index is 0.0759. The highest BCUT2D eigenvalue weighted by molar-refractivity contribution is 7.07. The van der Waals surface area contributed by atoms with Crippen LogP contribution in [0.15, 0.2) is 59.6 Å². The Morgan fingerprint density at radius 1 is 1.13 bits per heavy atom. The monoisotopic (exact) mass is 325 g/mol. The highest BCUT2D eigenvalue weighted by Gasteiger charge is 2.04. The van der Waals surface area contributed by atoms with Gasteiger partial charge in [0.15, 0.2) is 0 Å². The Morgan fingerprint density at radius 3 is 2.78 bits per heavy atom. The third-order valence-corrected chi connectivity index (χ3v) is 4.32. The highest BCUT2D eigenvalue weighted by Crippen LogP contribution is 2.08. The zero-order chi connectivity index (χ0) is 15.9. The maximum atomic E-state index is 11.9. The number of nitrogens with one attached hydrogen (secondary N) is 1. The van der Waals surface area contributed by atoms with E-state index in [1.165, 1.54) is 11.1 Å². The zero-order valence-corrected chi connectivity index (χ0v) is 13.6. The van der Waals surface area contributed by atoms with Gasteiger partial charge in [0.05, 0.1) is 12.7 Å². The Bertz CT molecular complexity index is 735. The van der Waals surface area contributed by atoms with Crippen LogP contribution in [0, 0.1) is 0 Å². The van der Waals surface area contributed by atoms with Crippen molar-refractivity contribution in [2.45, 2.75) is 25.9 Å². The summed E-state index contributed by atoms with van der Waals surface area (Å²) in [6.45, 7) is 1.27. The van der Waals surface area contributed by atoms with E-state index in [4.69, 9.17) is 0 Å². The second-order valence-electron chi connectivity index (χ2n) is 5.44. The SMILES string of the molecule is O=C(CCc1ccsc1)NCc1cnn(Cc2ccccc2)c1. The fourth-order valence-electron chi connectivity index (χ4n) is 2.34. The second kappa shape index (κ2) is 7.74. The molecule has 4 nitrogen and oxygen atoms in total. The van der Waals surface area contributed by atoms with Gasteiger partial charge < -0.3 is 5.32 Å². The van der Waals surface area contributed by atoms with Crippen molar-refractivity contribution in [1.82, 2.24) is 15.1 Å². The van der Waals surface area contributed by atoms with Gasteiger partial charge in [0.1, 0.15) is 0 Å². The van der Waals surface area contributed by atoms with Crippen LogP contribution in [0.5, 0.6) is 0 Å². The molecule has 0 aliphatic rings. The molecule has 0 spiro atoms. The van der Waals surface area contributed by atoms with Crippen LogP contribution in [0.25, 0.3) is 0 Å². The number of rotatable bonds is 7. The maximum absolute atomic E-state index is 11.9. The second-order valence-corrected chi connectivity index (χ2v) is 6.22. The normalized spacial score (nSPS) is 10.6. The predicted octanol–water partition coefficient (Wildman–Crippen LogP) is 3.24. The molecule has 118 valence electrons. The molecule has 0 radical (unpaired) electrons. The molecule has 0 saturated heterocycles. The van der Waals surface area contributed by atoms with Gasteiger partial charge in [-0.3, -0.25) is 9.48 Å². The molecule has 5 heteroatoms. The Labute approximate surface area is 139 Å².